The highest BCUT2D eigenvalue weighted by atomic mass is 35.5. The number of rotatable bonds is 3. The number of hydrogen-bond acceptors (Lipinski definition) is 3. The Morgan fingerprint density at radius 3 is 2.14 bits per heavy atom. The van der Waals surface area contributed by atoms with Crippen molar-refractivity contribution in [3.05, 3.63) is 82.8 Å². The van der Waals surface area contributed by atoms with Crippen LogP contribution in [0.15, 0.2) is 54.6 Å². The first-order valence-electron chi connectivity index (χ1n) is 7.84. The minimum Gasteiger partial charge on any atom is -0.292 e. The molecule has 28 heavy (non-hydrogen) atoms. The van der Waals surface area contributed by atoms with Crippen LogP contribution in [0.3, 0.4) is 0 Å². The summed E-state index contributed by atoms with van der Waals surface area (Å²) >= 11 is 6.09. The molecule has 0 radical (unpaired) electrons. The van der Waals surface area contributed by atoms with Crippen molar-refractivity contribution in [1.29, 1.82) is 0 Å². The molecule has 5 nitrogen and oxygen atoms in total. The number of nitrogens with zero attached hydrogens (tertiary/aromatic N) is 1. The molecule has 3 aromatic rings. The van der Waals surface area contributed by atoms with Crippen molar-refractivity contribution in [3.63, 3.8) is 0 Å². The molecule has 0 fully saturated rings. The van der Waals surface area contributed by atoms with E-state index in [0.717, 1.165) is 18.2 Å². The lowest BCUT2D eigenvalue weighted by atomic mass is 10.1. The van der Waals surface area contributed by atoms with Crippen LogP contribution in [0.2, 0.25) is 5.15 Å². The summed E-state index contributed by atoms with van der Waals surface area (Å²) in [5, 5.41) is 4.07. The Kier molecular flexibility index (Phi) is 5.60. The molecule has 0 saturated heterocycles. The molecule has 0 bridgehead atoms. The monoisotopic (exact) mass is 405 g/mol. The molecular weight excluding hydrogens is 395 g/mol. The van der Waals surface area contributed by atoms with Gasteiger partial charge in [0.25, 0.3) is 5.91 Å². The summed E-state index contributed by atoms with van der Waals surface area (Å²) in [6.45, 7) is 0. The number of nitrogens with one attached hydrogen (secondary N) is 2. The van der Waals surface area contributed by atoms with Crippen LogP contribution < -0.4 is 10.6 Å². The second kappa shape index (κ2) is 8.10. The minimum atomic E-state index is -1.25. The van der Waals surface area contributed by atoms with Gasteiger partial charge < -0.3 is 0 Å². The summed E-state index contributed by atoms with van der Waals surface area (Å²) in [6.07, 6.45) is 0. The number of anilines is 1. The second-order valence-electron chi connectivity index (χ2n) is 5.55. The molecule has 2 aromatic carbocycles. The molecule has 142 valence electrons. The maximum Gasteiger partial charge on any atom is 0.327 e. The zero-order chi connectivity index (χ0) is 20.3. The third-order valence-corrected chi connectivity index (χ3v) is 3.95. The summed E-state index contributed by atoms with van der Waals surface area (Å²) in [5.74, 6) is -3.86. The predicted octanol–water partition coefficient (Wildman–Crippen LogP) is 4.78. The minimum absolute atomic E-state index is 0.00447. The second-order valence-corrected chi connectivity index (χ2v) is 5.90. The van der Waals surface area contributed by atoms with Crippen LogP contribution in [0.1, 0.15) is 10.4 Å². The number of carbonyl (C=O) groups is 2. The number of urea groups is 1. The van der Waals surface area contributed by atoms with Gasteiger partial charge in [-0.2, -0.15) is 0 Å². The average Bonchev–Trinajstić information content (AvgIpc) is 2.62. The first kappa shape index (κ1) is 19.4. The molecule has 0 atom stereocenters. The molecule has 3 amide bonds. The summed E-state index contributed by atoms with van der Waals surface area (Å²) < 4.78 is 40.2. The van der Waals surface area contributed by atoms with E-state index in [1.165, 1.54) is 36.4 Å². The lowest BCUT2D eigenvalue weighted by molar-refractivity contribution is 0.0959. The molecule has 0 spiro atoms. The molecule has 0 aliphatic carbocycles. The van der Waals surface area contributed by atoms with Crippen molar-refractivity contribution in [3.8, 4) is 11.1 Å². The highest BCUT2D eigenvalue weighted by molar-refractivity contribution is 6.32. The highest BCUT2D eigenvalue weighted by Crippen LogP contribution is 2.27. The van der Waals surface area contributed by atoms with Crippen LogP contribution in [0.4, 0.5) is 23.8 Å². The Balaban J connectivity index is 1.71. The molecular formula is C19H11ClF3N3O2. The number of hydrogen-bond donors (Lipinski definition) is 2. The summed E-state index contributed by atoms with van der Waals surface area (Å²) in [7, 11) is 0. The Morgan fingerprint density at radius 2 is 1.54 bits per heavy atom. The van der Waals surface area contributed by atoms with Crippen molar-refractivity contribution in [2.24, 2.45) is 0 Å². The Hall–Kier alpha value is -3.39. The van der Waals surface area contributed by atoms with Crippen LogP contribution in [0, 0.1) is 17.5 Å². The van der Waals surface area contributed by atoms with E-state index in [1.54, 1.807) is 5.32 Å². The fourth-order valence-corrected chi connectivity index (χ4v) is 2.64. The number of halogens is 4. The lowest BCUT2D eigenvalue weighted by Gasteiger charge is -2.09. The molecule has 0 aliphatic rings. The van der Waals surface area contributed by atoms with Crippen LogP contribution >= 0.6 is 11.6 Å². The average molecular weight is 406 g/mol. The number of amides is 3. The van der Waals surface area contributed by atoms with Crippen LogP contribution in [0.25, 0.3) is 11.1 Å². The van der Waals surface area contributed by atoms with E-state index < -0.39 is 35.0 Å². The molecule has 1 heterocycles. The molecule has 2 N–H and O–H groups in total. The first-order valence-corrected chi connectivity index (χ1v) is 8.22. The van der Waals surface area contributed by atoms with Crippen molar-refractivity contribution in [2.75, 3.05) is 5.32 Å². The Morgan fingerprint density at radius 1 is 0.893 bits per heavy atom. The van der Waals surface area contributed by atoms with Crippen LogP contribution in [-0.4, -0.2) is 16.9 Å². The van der Waals surface area contributed by atoms with Gasteiger partial charge in [0.15, 0.2) is 0 Å². The fraction of sp³-hybridized carbons (Fsp3) is 0. The maximum absolute atomic E-state index is 13.6. The van der Waals surface area contributed by atoms with E-state index in [4.69, 9.17) is 11.6 Å². The van der Waals surface area contributed by atoms with Gasteiger partial charge in [0.1, 0.15) is 34.0 Å². The van der Waals surface area contributed by atoms with Crippen LogP contribution in [-0.2, 0) is 0 Å². The van der Waals surface area contributed by atoms with E-state index in [-0.39, 0.29) is 11.0 Å². The van der Waals surface area contributed by atoms with Gasteiger partial charge in [-0.1, -0.05) is 29.8 Å². The van der Waals surface area contributed by atoms with Gasteiger partial charge in [-0.25, -0.2) is 22.9 Å². The maximum atomic E-state index is 13.6. The molecule has 1 aromatic heterocycles. The smallest absolute Gasteiger partial charge is 0.292 e. The van der Waals surface area contributed by atoms with Crippen molar-refractivity contribution in [1.82, 2.24) is 10.3 Å². The van der Waals surface area contributed by atoms with Crippen molar-refractivity contribution in [2.45, 2.75) is 0 Å². The normalized spacial score (nSPS) is 10.4. The molecule has 0 aliphatic heterocycles. The first-order chi connectivity index (χ1) is 13.3. The molecule has 0 unspecified atom stereocenters. The zero-order valence-electron chi connectivity index (χ0n) is 14.0. The van der Waals surface area contributed by atoms with E-state index >= 15 is 0 Å². The van der Waals surface area contributed by atoms with E-state index in [0.29, 0.717) is 11.1 Å². The number of carbonyl (C=O) groups excluding carboxylic acids is 2. The molecule has 3 rings (SSSR count). The number of aromatic nitrogens is 1. The standard InChI is InChI=1S/C19H11ClF3N3O2/c20-17-12(10-4-6-11(21)7-5-10)8-9-15(24-17)25-19(28)26-18(27)16-13(22)2-1-3-14(16)23/h1-9H,(H2,24,25,26,27,28). The topological polar surface area (TPSA) is 71.1 Å². The third kappa shape index (κ3) is 4.29. The Bertz CT molecular complexity index is 1040. The summed E-state index contributed by atoms with van der Waals surface area (Å²) in [6, 6.07) is 10.3. The summed E-state index contributed by atoms with van der Waals surface area (Å²) in [4.78, 5) is 27.8. The van der Waals surface area contributed by atoms with Gasteiger partial charge in [-0.3, -0.25) is 15.4 Å². The molecule has 9 heteroatoms. The Labute approximate surface area is 162 Å². The van der Waals surface area contributed by atoms with Gasteiger partial charge in [0, 0.05) is 5.56 Å². The van der Waals surface area contributed by atoms with Crippen LogP contribution in [0.5, 0.6) is 0 Å². The number of pyridine rings is 1. The van der Waals surface area contributed by atoms with E-state index in [9.17, 15) is 22.8 Å². The van der Waals surface area contributed by atoms with Gasteiger partial charge in [-0.05, 0) is 42.0 Å². The van der Waals surface area contributed by atoms with Gasteiger partial charge >= 0.3 is 6.03 Å². The fourth-order valence-electron chi connectivity index (χ4n) is 2.38. The zero-order valence-corrected chi connectivity index (χ0v) is 14.7. The SMILES string of the molecule is O=C(NC(=O)c1c(F)cccc1F)Nc1ccc(-c2ccc(F)cc2)c(Cl)n1. The molecule has 0 saturated carbocycles. The highest BCUT2D eigenvalue weighted by Gasteiger charge is 2.19. The van der Waals surface area contributed by atoms with Gasteiger partial charge in [0.05, 0.1) is 0 Å². The summed E-state index contributed by atoms with van der Waals surface area (Å²) in [5.41, 5.74) is 0.229. The van der Waals surface area contributed by atoms with Gasteiger partial charge in [0.2, 0.25) is 0 Å². The van der Waals surface area contributed by atoms with Crippen molar-refractivity contribution >= 4 is 29.4 Å². The number of benzene rings is 2. The quantitative estimate of drug-likeness (QED) is 0.616. The van der Waals surface area contributed by atoms with Crippen molar-refractivity contribution < 1.29 is 22.8 Å². The van der Waals surface area contributed by atoms with E-state index in [1.807, 2.05) is 0 Å². The lowest BCUT2D eigenvalue weighted by Crippen LogP contribution is -2.35. The largest absolute Gasteiger partial charge is 0.327 e. The van der Waals surface area contributed by atoms with Gasteiger partial charge in [-0.15, -0.1) is 0 Å². The predicted molar refractivity (Wildman–Crippen MR) is 97.5 cm³/mol. The number of imide groups is 1. The third-order valence-electron chi connectivity index (χ3n) is 3.66. The van der Waals surface area contributed by atoms with E-state index in [2.05, 4.69) is 10.3 Å².